The lowest BCUT2D eigenvalue weighted by Gasteiger charge is -2.06. The van der Waals surface area contributed by atoms with Gasteiger partial charge in [0, 0.05) is 43.5 Å². The average Bonchev–Trinajstić information content (AvgIpc) is 2.84. The number of rotatable bonds is 5. The summed E-state index contributed by atoms with van der Waals surface area (Å²) in [6, 6.07) is 6.92. The quantitative estimate of drug-likeness (QED) is 0.806. The van der Waals surface area contributed by atoms with Gasteiger partial charge in [0.2, 0.25) is 0 Å². The predicted octanol–water partition coefficient (Wildman–Crippen LogP) is 1.03. The molecule has 3 N–H and O–H groups in total. The van der Waals surface area contributed by atoms with E-state index in [-0.39, 0.29) is 5.91 Å². The van der Waals surface area contributed by atoms with E-state index in [4.69, 9.17) is 18.0 Å². The Morgan fingerprint density at radius 3 is 2.55 bits per heavy atom. The summed E-state index contributed by atoms with van der Waals surface area (Å²) < 4.78 is 1.93. The zero-order valence-corrected chi connectivity index (χ0v) is 12.0. The molecule has 1 aromatic heterocycles. The fraction of sp³-hybridized carbons (Fsp3) is 0.214. The number of nitrogens with two attached hydrogens (primary N) is 1. The number of carbonyl (C=O) groups excluding carboxylic acids is 1. The fourth-order valence-corrected chi connectivity index (χ4v) is 1.95. The molecule has 0 radical (unpaired) electrons. The molecule has 0 atom stereocenters. The predicted molar refractivity (Wildman–Crippen MR) is 81.6 cm³/mol. The third kappa shape index (κ3) is 3.42. The number of thiocarbonyl (C=S) groups is 1. The largest absolute Gasteiger partial charge is 0.389 e. The summed E-state index contributed by atoms with van der Waals surface area (Å²) in [6.07, 6.45) is 4.32. The molecule has 1 aromatic carbocycles. The van der Waals surface area contributed by atoms with Crippen molar-refractivity contribution in [2.24, 2.45) is 12.8 Å². The van der Waals surface area contributed by atoms with Crippen LogP contribution in [-0.4, -0.2) is 27.0 Å². The lowest BCUT2D eigenvalue weighted by molar-refractivity contribution is 0.0954. The molecule has 0 aliphatic heterocycles. The van der Waals surface area contributed by atoms with Crippen molar-refractivity contribution >= 4 is 23.1 Å². The van der Waals surface area contributed by atoms with Crippen LogP contribution in [-0.2, 0) is 13.5 Å². The molecule has 0 unspecified atom stereocenters. The molecule has 1 heterocycles. The summed E-state index contributed by atoms with van der Waals surface area (Å²) in [7, 11) is 1.93. The van der Waals surface area contributed by atoms with E-state index >= 15 is 0 Å². The number of benzene rings is 1. The number of hydrogen-bond donors (Lipinski definition) is 2. The van der Waals surface area contributed by atoms with Gasteiger partial charge in [0.1, 0.15) is 10.8 Å². The Labute approximate surface area is 122 Å². The molecule has 0 bridgehead atoms. The maximum Gasteiger partial charge on any atom is 0.251 e. The van der Waals surface area contributed by atoms with Gasteiger partial charge in [0.05, 0.1) is 0 Å². The van der Waals surface area contributed by atoms with Crippen molar-refractivity contribution in [3.8, 4) is 0 Å². The van der Waals surface area contributed by atoms with Crippen LogP contribution in [0.2, 0.25) is 0 Å². The topological polar surface area (TPSA) is 72.9 Å². The minimum Gasteiger partial charge on any atom is -0.389 e. The van der Waals surface area contributed by atoms with Crippen LogP contribution in [0, 0.1) is 0 Å². The third-order valence-corrected chi connectivity index (χ3v) is 3.22. The molecule has 2 rings (SSSR count). The fourth-order valence-electron chi connectivity index (χ4n) is 1.81. The molecule has 0 spiro atoms. The number of aryl methyl sites for hydroxylation is 1. The van der Waals surface area contributed by atoms with Crippen LogP contribution in [0.5, 0.6) is 0 Å². The van der Waals surface area contributed by atoms with Crippen molar-refractivity contribution < 1.29 is 4.79 Å². The molecule has 0 saturated heterocycles. The van der Waals surface area contributed by atoms with Crippen molar-refractivity contribution in [3.63, 3.8) is 0 Å². The summed E-state index contributed by atoms with van der Waals surface area (Å²) in [6.45, 7) is 0.542. The third-order valence-electron chi connectivity index (χ3n) is 2.99. The van der Waals surface area contributed by atoms with Gasteiger partial charge in [-0.1, -0.05) is 24.4 Å². The highest BCUT2D eigenvalue weighted by Gasteiger charge is 2.06. The van der Waals surface area contributed by atoms with Crippen LogP contribution < -0.4 is 11.1 Å². The molecule has 0 saturated carbocycles. The summed E-state index contributed by atoms with van der Waals surface area (Å²) in [5.74, 6) is 0.822. The highest BCUT2D eigenvalue weighted by molar-refractivity contribution is 7.80. The lowest BCUT2D eigenvalue weighted by Crippen LogP contribution is -2.26. The van der Waals surface area contributed by atoms with Crippen LogP contribution in [0.15, 0.2) is 36.7 Å². The Morgan fingerprint density at radius 1 is 1.35 bits per heavy atom. The van der Waals surface area contributed by atoms with E-state index in [1.165, 1.54) is 0 Å². The Bertz CT molecular complexity index is 618. The van der Waals surface area contributed by atoms with E-state index in [2.05, 4.69) is 10.3 Å². The first-order valence-electron chi connectivity index (χ1n) is 6.22. The highest BCUT2D eigenvalue weighted by atomic mass is 32.1. The number of amides is 1. The smallest absolute Gasteiger partial charge is 0.251 e. The second kappa shape index (κ2) is 6.29. The van der Waals surface area contributed by atoms with Gasteiger partial charge < -0.3 is 15.6 Å². The van der Waals surface area contributed by atoms with Crippen molar-refractivity contribution in [3.05, 3.63) is 53.6 Å². The van der Waals surface area contributed by atoms with E-state index in [1.807, 2.05) is 17.8 Å². The van der Waals surface area contributed by atoms with Crippen molar-refractivity contribution in [1.82, 2.24) is 14.9 Å². The van der Waals surface area contributed by atoms with Gasteiger partial charge in [-0.2, -0.15) is 0 Å². The first-order valence-corrected chi connectivity index (χ1v) is 6.63. The SMILES string of the molecule is Cn1ccnc1CCNC(=O)c1ccc(C(N)=S)cc1. The van der Waals surface area contributed by atoms with E-state index in [0.717, 1.165) is 11.4 Å². The normalized spacial score (nSPS) is 10.2. The number of nitrogens with zero attached hydrogens (tertiary/aromatic N) is 2. The van der Waals surface area contributed by atoms with Crippen molar-refractivity contribution in [1.29, 1.82) is 0 Å². The van der Waals surface area contributed by atoms with Crippen LogP contribution in [0.3, 0.4) is 0 Å². The van der Waals surface area contributed by atoms with Crippen molar-refractivity contribution in [2.75, 3.05) is 6.54 Å². The Balaban J connectivity index is 1.88. The maximum atomic E-state index is 11.9. The minimum absolute atomic E-state index is 0.117. The summed E-state index contributed by atoms with van der Waals surface area (Å²) in [5, 5.41) is 2.86. The summed E-state index contributed by atoms with van der Waals surface area (Å²) in [5.41, 5.74) is 6.85. The summed E-state index contributed by atoms with van der Waals surface area (Å²) in [4.78, 5) is 16.5. The monoisotopic (exact) mass is 288 g/mol. The number of imidazole rings is 1. The van der Waals surface area contributed by atoms with Gasteiger partial charge in [-0.05, 0) is 12.1 Å². The van der Waals surface area contributed by atoms with E-state index in [0.29, 0.717) is 23.5 Å². The number of aromatic nitrogens is 2. The maximum absolute atomic E-state index is 11.9. The summed E-state index contributed by atoms with van der Waals surface area (Å²) >= 11 is 4.87. The van der Waals surface area contributed by atoms with Gasteiger partial charge >= 0.3 is 0 Å². The van der Waals surface area contributed by atoms with Crippen molar-refractivity contribution in [2.45, 2.75) is 6.42 Å². The van der Waals surface area contributed by atoms with E-state index in [9.17, 15) is 4.79 Å². The zero-order chi connectivity index (χ0) is 14.5. The lowest BCUT2D eigenvalue weighted by atomic mass is 10.1. The second-order valence-electron chi connectivity index (χ2n) is 4.40. The van der Waals surface area contributed by atoms with Crippen LogP contribution in [0.4, 0.5) is 0 Å². The second-order valence-corrected chi connectivity index (χ2v) is 4.84. The van der Waals surface area contributed by atoms with E-state index < -0.39 is 0 Å². The van der Waals surface area contributed by atoms with Gasteiger partial charge in [-0.25, -0.2) is 4.98 Å². The molecule has 0 aliphatic rings. The average molecular weight is 288 g/mol. The molecule has 20 heavy (non-hydrogen) atoms. The minimum atomic E-state index is -0.117. The van der Waals surface area contributed by atoms with Gasteiger partial charge in [0.25, 0.3) is 5.91 Å². The number of nitrogens with one attached hydrogen (secondary N) is 1. The molecule has 2 aromatic rings. The van der Waals surface area contributed by atoms with Gasteiger partial charge in [-0.15, -0.1) is 0 Å². The zero-order valence-electron chi connectivity index (χ0n) is 11.2. The van der Waals surface area contributed by atoms with Crippen LogP contribution >= 0.6 is 12.2 Å². The molecular weight excluding hydrogens is 272 g/mol. The molecule has 0 aliphatic carbocycles. The molecule has 1 amide bonds. The molecular formula is C14H16N4OS. The Kier molecular flexibility index (Phi) is 4.47. The van der Waals surface area contributed by atoms with Gasteiger partial charge in [0.15, 0.2) is 0 Å². The number of hydrogen-bond acceptors (Lipinski definition) is 3. The molecule has 0 fully saturated rings. The van der Waals surface area contributed by atoms with Crippen LogP contribution in [0.25, 0.3) is 0 Å². The molecule has 5 nitrogen and oxygen atoms in total. The van der Waals surface area contributed by atoms with Crippen LogP contribution in [0.1, 0.15) is 21.7 Å². The number of carbonyl (C=O) groups is 1. The Morgan fingerprint density at radius 2 is 2.00 bits per heavy atom. The first-order chi connectivity index (χ1) is 9.58. The Hall–Kier alpha value is -2.21. The van der Waals surface area contributed by atoms with Gasteiger partial charge in [-0.3, -0.25) is 4.79 Å². The molecule has 6 heteroatoms. The highest BCUT2D eigenvalue weighted by Crippen LogP contribution is 2.04. The standard InChI is InChI=1S/C14H16N4OS/c1-18-9-8-16-12(18)6-7-17-14(19)11-4-2-10(3-5-11)13(15)20/h2-5,8-9H,6-7H2,1H3,(H2,15,20)(H,17,19). The molecule has 104 valence electrons. The van der Waals surface area contributed by atoms with E-state index in [1.54, 1.807) is 30.5 Å². The first kappa shape index (κ1) is 14.2.